The van der Waals surface area contributed by atoms with Crippen molar-refractivity contribution < 1.29 is 14.8 Å². The summed E-state index contributed by atoms with van der Waals surface area (Å²) in [4.78, 5) is 24.1. The lowest BCUT2D eigenvalue weighted by Gasteiger charge is -2.11. The van der Waals surface area contributed by atoms with Gasteiger partial charge in [0, 0.05) is 11.8 Å². The topological polar surface area (TPSA) is 105 Å². The number of nitrogens with one attached hydrogen (secondary N) is 1. The molecule has 0 radical (unpaired) electrons. The lowest BCUT2D eigenvalue weighted by Crippen LogP contribution is -2.31. The van der Waals surface area contributed by atoms with E-state index in [-0.39, 0.29) is 17.3 Å². The Morgan fingerprint density at radius 3 is 2.75 bits per heavy atom. The molecular formula is C8H9N3O4S. The van der Waals surface area contributed by atoms with E-state index in [1.165, 1.54) is 12.1 Å². The smallest absolute Gasteiger partial charge is 0.327 e. The standard InChI is InChI=1S/C8H9N3O4S/c12-8(13)6(4-16)10-7-2-1-5(3-9-7)11(14)15/h1-3,6,16H,4H2,(H,9,10)(H,12,13). The Morgan fingerprint density at radius 2 is 2.38 bits per heavy atom. The number of rotatable bonds is 5. The predicted octanol–water partition coefficient (Wildman–Crippen LogP) is 0.785. The van der Waals surface area contributed by atoms with E-state index in [1.807, 2.05) is 0 Å². The monoisotopic (exact) mass is 243 g/mol. The van der Waals surface area contributed by atoms with Gasteiger partial charge in [-0.25, -0.2) is 9.78 Å². The fourth-order valence-corrected chi connectivity index (χ4v) is 1.19. The molecule has 0 saturated heterocycles. The van der Waals surface area contributed by atoms with Crippen LogP contribution in [0.1, 0.15) is 0 Å². The highest BCUT2D eigenvalue weighted by atomic mass is 32.1. The summed E-state index contributed by atoms with van der Waals surface area (Å²) in [6.07, 6.45) is 1.06. The van der Waals surface area contributed by atoms with Crippen LogP contribution in [0.15, 0.2) is 18.3 Å². The molecule has 0 aliphatic carbocycles. The van der Waals surface area contributed by atoms with Crippen LogP contribution in [0.4, 0.5) is 11.5 Å². The first-order chi connectivity index (χ1) is 7.54. The number of nitro groups is 1. The van der Waals surface area contributed by atoms with Crippen LogP contribution in [0.3, 0.4) is 0 Å². The second-order valence-electron chi connectivity index (χ2n) is 2.88. The first kappa shape index (κ1) is 12.2. The summed E-state index contributed by atoms with van der Waals surface area (Å²) in [7, 11) is 0. The largest absolute Gasteiger partial charge is 0.480 e. The summed E-state index contributed by atoms with van der Waals surface area (Å²) >= 11 is 3.86. The van der Waals surface area contributed by atoms with Crippen molar-refractivity contribution in [2.45, 2.75) is 6.04 Å². The molecule has 0 aromatic carbocycles. The van der Waals surface area contributed by atoms with E-state index in [2.05, 4.69) is 22.9 Å². The number of anilines is 1. The van der Waals surface area contributed by atoms with Gasteiger partial charge in [0.05, 0.1) is 4.92 Å². The second-order valence-corrected chi connectivity index (χ2v) is 3.24. The molecular weight excluding hydrogens is 234 g/mol. The fraction of sp³-hybridized carbons (Fsp3) is 0.250. The molecule has 2 N–H and O–H groups in total. The lowest BCUT2D eigenvalue weighted by molar-refractivity contribution is -0.385. The van der Waals surface area contributed by atoms with Gasteiger partial charge in [-0.05, 0) is 6.07 Å². The first-order valence-electron chi connectivity index (χ1n) is 4.25. The van der Waals surface area contributed by atoms with Crippen LogP contribution in [-0.4, -0.2) is 32.8 Å². The van der Waals surface area contributed by atoms with Crippen molar-refractivity contribution in [3.05, 3.63) is 28.4 Å². The minimum atomic E-state index is -1.06. The molecule has 0 saturated carbocycles. The molecule has 7 nitrogen and oxygen atoms in total. The molecule has 0 aliphatic heterocycles. The SMILES string of the molecule is O=C(O)C(CS)Nc1ccc([N+](=O)[O-])cn1. The molecule has 0 fully saturated rings. The predicted molar refractivity (Wildman–Crippen MR) is 59.8 cm³/mol. The van der Waals surface area contributed by atoms with Crippen molar-refractivity contribution in [1.82, 2.24) is 4.98 Å². The number of aromatic nitrogens is 1. The molecule has 1 rings (SSSR count). The van der Waals surface area contributed by atoms with Crippen molar-refractivity contribution in [1.29, 1.82) is 0 Å². The number of nitrogens with zero attached hydrogens (tertiary/aromatic N) is 2. The van der Waals surface area contributed by atoms with Gasteiger partial charge in [-0.3, -0.25) is 10.1 Å². The molecule has 0 aliphatic rings. The van der Waals surface area contributed by atoms with Crippen LogP contribution < -0.4 is 5.32 Å². The number of hydrogen-bond donors (Lipinski definition) is 3. The molecule has 1 unspecified atom stereocenters. The third-order valence-electron chi connectivity index (χ3n) is 1.76. The Balaban J connectivity index is 2.75. The molecule has 8 heteroatoms. The molecule has 0 spiro atoms. The zero-order valence-electron chi connectivity index (χ0n) is 8.03. The van der Waals surface area contributed by atoms with Crippen LogP contribution in [0.25, 0.3) is 0 Å². The summed E-state index contributed by atoms with van der Waals surface area (Å²) in [5, 5.41) is 21.7. The zero-order valence-corrected chi connectivity index (χ0v) is 8.92. The van der Waals surface area contributed by atoms with E-state index in [4.69, 9.17) is 5.11 Å². The minimum absolute atomic E-state index is 0.0913. The van der Waals surface area contributed by atoms with Crippen molar-refractivity contribution in [2.75, 3.05) is 11.1 Å². The van der Waals surface area contributed by atoms with Crippen LogP contribution in [-0.2, 0) is 4.79 Å². The third kappa shape index (κ3) is 3.09. The molecule has 1 aromatic heterocycles. The van der Waals surface area contributed by atoms with Crippen molar-refractivity contribution in [3.8, 4) is 0 Å². The molecule has 1 atom stereocenters. The van der Waals surface area contributed by atoms with Gasteiger partial charge in [0.25, 0.3) is 5.69 Å². The third-order valence-corrected chi connectivity index (χ3v) is 2.13. The quantitative estimate of drug-likeness (QED) is 0.401. The Labute approximate surface area is 96.1 Å². The highest BCUT2D eigenvalue weighted by Crippen LogP contribution is 2.12. The van der Waals surface area contributed by atoms with Gasteiger partial charge < -0.3 is 10.4 Å². The Kier molecular flexibility index (Phi) is 4.06. The Morgan fingerprint density at radius 1 is 1.69 bits per heavy atom. The van der Waals surface area contributed by atoms with E-state index in [0.717, 1.165) is 6.20 Å². The van der Waals surface area contributed by atoms with Crippen LogP contribution in [0.2, 0.25) is 0 Å². The summed E-state index contributed by atoms with van der Waals surface area (Å²) in [5.74, 6) is -0.712. The number of aliphatic carboxylic acids is 1. The van der Waals surface area contributed by atoms with Gasteiger partial charge in [0.1, 0.15) is 18.1 Å². The summed E-state index contributed by atoms with van der Waals surface area (Å²) in [6.45, 7) is 0. The molecule has 1 heterocycles. The number of carboxylic acid groups (broad SMARTS) is 1. The number of hydrogen-bond acceptors (Lipinski definition) is 6. The minimum Gasteiger partial charge on any atom is -0.480 e. The number of pyridine rings is 1. The fourth-order valence-electron chi connectivity index (χ4n) is 0.943. The Bertz CT molecular complexity index is 395. The van der Waals surface area contributed by atoms with Gasteiger partial charge in [-0.1, -0.05) is 0 Å². The molecule has 16 heavy (non-hydrogen) atoms. The molecule has 1 aromatic rings. The second kappa shape index (κ2) is 5.31. The van der Waals surface area contributed by atoms with Crippen molar-refractivity contribution in [3.63, 3.8) is 0 Å². The maximum Gasteiger partial charge on any atom is 0.327 e. The van der Waals surface area contributed by atoms with E-state index in [0.29, 0.717) is 0 Å². The van der Waals surface area contributed by atoms with E-state index >= 15 is 0 Å². The number of carbonyl (C=O) groups is 1. The van der Waals surface area contributed by atoms with Crippen LogP contribution >= 0.6 is 12.6 Å². The van der Waals surface area contributed by atoms with Gasteiger partial charge in [0.2, 0.25) is 0 Å². The Hall–Kier alpha value is -1.83. The van der Waals surface area contributed by atoms with Gasteiger partial charge in [-0.2, -0.15) is 12.6 Å². The summed E-state index contributed by atoms with van der Waals surface area (Å²) in [6, 6.07) is 1.71. The number of thiol groups is 1. The zero-order chi connectivity index (χ0) is 12.1. The lowest BCUT2D eigenvalue weighted by atomic mass is 10.3. The van der Waals surface area contributed by atoms with Gasteiger partial charge in [-0.15, -0.1) is 0 Å². The first-order valence-corrected chi connectivity index (χ1v) is 4.88. The highest BCUT2D eigenvalue weighted by Gasteiger charge is 2.15. The van der Waals surface area contributed by atoms with Crippen molar-refractivity contribution >= 4 is 30.1 Å². The van der Waals surface area contributed by atoms with E-state index in [9.17, 15) is 14.9 Å². The van der Waals surface area contributed by atoms with Crippen LogP contribution in [0.5, 0.6) is 0 Å². The van der Waals surface area contributed by atoms with Crippen LogP contribution in [0, 0.1) is 10.1 Å². The maximum atomic E-state index is 10.7. The van der Waals surface area contributed by atoms with E-state index < -0.39 is 16.9 Å². The average molecular weight is 243 g/mol. The highest BCUT2D eigenvalue weighted by molar-refractivity contribution is 7.80. The summed E-state index contributed by atoms with van der Waals surface area (Å²) in [5.41, 5.74) is -0.150. The molecule has 0 bridgehead atoms. The normalized spacial score (nSPS) is 11.8. The maximum absolute atomic E-state index is 10.7. The van der Waals surface area contributed by atoms with E-state index in [1.54, 1.807) is 0 Å². The van der Waals surface area contributed by atoms with Crippen molar-refractivity contribution in [2.24, 2.45) is 0 Å². The van der Waals surface area contributed by atoms with Gasteiger partial charge >= 0.3 is 5.97 Å². The molecule has 0 amide bonds. The molecule has 86 valence electrons. The number of carboxylic acids is 1. The van der Waals surface area contributed by atoms with Gasteiger partial charge in [0.15, 0.2) is 0 Å². The summed E-state index contributed by atoms with van der Waals surface area (Å²) < 4.78 is 0. The average Bonchev–Trinajstić information content (AvgIpc) is 2.26.